The fraction of sp³-hybridized carbons (Fsp3) is 0.333. The third-order valence-electron chi connectivity index (χ3n) is 1.45. The fourth-order valence-electron chi connectivity index (χ4n) is 0.955. The van der Waals surface area contributed by atoms with Crippen LogP contribution < -0.4 is 4.43 Å². The highest BCUT2D eigenvalue weighted by Crippen LogP contribution is 2.18. The number of halogens is 1. The second-order valence-corrected chi connectivity index (χ2v) is 5.43. The predicted octanol–water partition coefficient (Wildman–Crippen LogP) is 2.50. The Hall–Kier alpha value is -0.833. The van der Waals surface area contributed by atoms with Crippen molar-refractivity contribution >= 4 is 9.04 Å². The summed E-state index contributed by atoms with van der Waals surface area (Å²) in [5.74, 6) is 0.137. The lowest BCUT2D eigenvalue weighted by Crippen LogP contribution is -2.12. The average Bonchev–Trinajstić information content (AvgIpc) is 1.96. The van der Waals surface area contributed by atoms with Crippen LogP contribution in [0, 0.1) is 12.7 Å². The van der Waals surface area contributed by atoms with Crippen LogP contribution in [0.1, 0.15) is 5.56 Å². The topological polar surface area (TPSA) is 9.23 Å². The Morgan fingerprint density at radius 2 is 2.00 bits per heavy atom. The molecule has 0 fully saturated rings. The summed E-state index contributed by atoms with van der Waals surface area (Å²) in [6, 6.07) is 4.92. The second-order valence-electron chi connectivity index (χ2n) is 3.10. The molecule has 3 heteroatoms. The van der Waals surface area contributed by atoms with Crippen molar-refractivity contribution < 1.29 is 8.82 Å². The van der Waals surface area contributed by atoms with E-state index in [1.165, 1.54) is 6.07 Å². The van der Waals surface area contributed by atoms with E-state index in [1.54, 1.807) is 12.1 Å². The Labute approximate surface area is 73.9 Å². The van der Waals surface area contributed by atoms with Crippen molar-refractivity contribution in [3.8, 4) is 5.75 Å². The molecule has 1 aromatic carbocycles. The van der Waals surface area contributed by atoms with Crippen molar-refractivity contribution in [2.24, 2.45) is 0 Å². The lowest BCUT2D eigenvalue weighted by molar-refractivity contribution is 0.508. The Kier molecular flexibility index (Phi) is 2.86. The van der Waals surface area contributed by atoms with E-state index >= 15 is 0 Å². The van der Waals surface area contributed by atoms with Gasteiger partial charge in [-0.25, -0.2) is 4.39 Å². The molecule has 0 radical (unpaired) electrons. The van der Waals surface area contributed by atoms with Gasteiger partial charge in [-0.1, -0.05) is 6.07 Å². The fourth-order valence-corrected chi connectivity index (χ4v) is 1.64. The van der Waals surface area contributed by atoms with Crippen molar-refractivity contribution in [1.82, 2.24) is 0 Å². The Bertz CT molecular complexity index is 273. The van der Waals surface area contributed by atoms with Gasteiger partial charge >= 0.3 is 0 Å². The molecule has 0 atom stereocenters. The highest BCUT2D eigenvalue weighted by atomic mass is 28.3. The summed E-state index contributed by atoms with van der Waals surface area (Å²) in [4.78, 5) is 0. The molecule has 1 aromatic rings. The lowest BCUT2D eigenvalue weighted by Gasteiger charge is -2.10. The summed E-state index contributed by atoms with van der Waals surface area (Å²) in [6.45, 7) is 5.96. The van der Waals surface area contributed by atoms with Gasteiger partial charge < -0.3 is 4.43 Å². The van der Waals surface area contributed by atoms with Gasteiger partial charge in [0.15, 0.2) is 5.82 Å². The third kappa shape index (κ3) is 2.34. The Morgan fingerprint density at radius 1 is 1.33 bits per heavy atom. The predicted molar refractivity (Wildman–Crippen MR) is 50.6 cm³/mol. The first-order chi connectivity index (χ1) is 5.59. The van der Waals surface area contributed by atoms with Gasteiger partial charge in [0, 0.05) is 0 Å². The number of hydrogen-bond acceptors (Lipinski definition) is 1. The van der Waals surface area contributed by atoms with Gasteiger partial charge in [0.2, 0.25) is 9.04 Å². The molecule has 0 saturated heterocycles. The van der Waals surface area contributed by atoms with Gasteiger partial charge in [-0.3, -0.25) is 0 Å². The normalized spacial score (nSPS) is 10.4. The molecule has 66 valence electrons. The number of aryl methyl sites for hydroxylation is 1. The molecule has 0 aliphatic carbocycles. The highest BCUT2D eigenvalue weighted by Gasteiger charge is 2.04. The largest absolute Gasteiger partial charge is 0.545 e. The van der Waals surface area contributed by atoms with E-state index in [9.17, 15) is 4.39 Å². The minimum atomic E-state index is -1.19. The van der Waals surface area contributed by atoms with Crippen LogP contribution in [0.15, 0.2) is 18.2 Å². The van der Waals surface area contributed by atoms with Crippen LogP contribution in [0.3, 0.4) is 0 Å². The molecule has 0 amide bonds. The molecule has 0 unspecified atom stereocenters. The summed E-state index contributed by atoms with van der Waals surface area (Å²) >= 11 is 0. The van der Waals surface area contributed by atoms with Crippen LogP contribution in [0.2, 0.25) is 13.1 Å². The SMILES string of the molecule is Cc1ccc(F)c(O[SiH](C)C)c1. The van der Waals surface area contributed by atoms with Crippen molar-refractivity contribution in [2.75, 3.05) is 0 Å². The molecule has 12 heavy (non-hydrogen) atoms. The van der Waals surface area contributed by atoms with E-state index in [4.69, 9.17) is 4.43 Å². The van der Waals surface area contributed by atoms with E-state index in [1.807, 2.05) is 20.0 Å². The van der Waals surface area contributed by atoms with E-state index in [0.29, 0.717) is 5.75 Å². The highest BCUT2D eigenvalue weighted by molar-refractivity contribution is 6.49. The Balaban J connectivity index is 2.90. The monoisotopic (exact) mass is 184 g/mol. The standard InChI is InChI=1S/C9H13FOSi/c1-7-4-5-8(10)9(6-7)11-12(2)3/h4-6,12H,1-3H3. The summed E-state index contributed by atoms with van der Waals surface area (Å²) in [7, 11) is -1.19. The van der Waals surface area contributed by atoms with Crippen molar-refractivity contribution in [3.63, 3.8) is 0 Å². The lowest BCUT2D eigenvalue weighted by atomic mass is 10.2. The number of benzene rings is 1. The zero-order chi connectivity index (χ0) is 9.14. The minimum absolute atomic E-state index is 0.262. The molecule has 1 rings (SSSR count). The van der Waals surface area contributed by atoms with Gasteiger partial charge in [-0.2, -0.15) is 0 Å². The van der Waals surface area contributed by atoms with E-state index in [0.717, 1.165) is 5.56 Å². The minimum Gasteiger partial charge on any atom is -0.545 e. The maximum Gasteiger partial charge on any atom is 0.229 e. The molecular formula is C9H13FOSi. The summed E-state index contributed by atoms with van der Waals surface area (Å²) < 4.78 is 18.4. The number of rotatable bonds is 2. The van der Waals surface area contributed by atoms with Gasteiger partial charge in [-0.05, 0) is 37.7 Å². The molecule has 0 heterocycles. The van der Waals surface area contributed by atoms with E-state index < -0.39 is 9.04 Å². The molecule has 0 aliphatic rings. The van der Waals surface area contributed by atoms with Crippen LogP contribution in [0.25, 0.3) is 0 Å². The van der Waals surface area contributed by atoms with Crippen LogP contribution in [0.5, 0.6) is 5.75 Å². The van der Waals surface area contributed by atoms with Crippen LogP contribution >= 0.6 is 0 Å². The summed E-state index contributed by atoms with van der Waals surface area (Å²) in [5.41, 5.74) is 1.03. The molecule has 1 nitrogen and oxygen atoms in total. The van der Waals surface area contributed by atoms with Gasteiger partial charge in [0.25, 0.3) is 0 Å². The van der Waals surface area contributed by atoms with Crippen molar-refractivity contribution in [2.45, 2.75) is 20.0 Å². The quantitative estimate of drug-likeness (QED) is 0.642. The number of hydrogen-bond donors (Lipinski definition) is 0. The van der Waals surface area contributed by atoms with Gasteiger partial charge in [-0.15, -0.1) is 0 Å². The molecule has 0 bridgehead atoms. The van der Waals surface area contributed by atoms with Gasteiger partial charge in [0.05, 0.1) is 0 Å². The molecule has 0 N–H and O–H groups in total. The first-order valence-electron chi connectivity index (χ1n) is 4.02. The Morgan fingerprint density at radius 3 is 2.58 bits per heavy atom. The zero-order valence-corrected chi connectivity index (χ0v) is 8.75. The van der Waals surface area contributed by atoms with Crippen LogP contribution in [-0.4, -0.2) is 9.04 Å². The van der Waals surface area contributed by atoms with Crippen LogP contribution in [-0.2, 0) is 0 Å². The molecular weight excluding hydrogens is 171 g/mol. The zero-order valence-electron chi connectivity index (χ0n) is 7.60. The molecule has 0 aromatic heterocycles. The first kappa shape index (κ1) is 9.26. The summed E-state index contributed by atoms with van der Waals surface area (Å²) in [5, 5.41) is 0. The third-order valence-corrected chi connectivity index (χ3v) is 2.17. The molecule has 0 saturated carbocycles. The van der Waals surface area contributed by atoms with Crippen molar-refractivity contribution in [3.05, 3.63) is 29.6 Å². The second kappa shape index (κ2) is 3.71. The first-order valence-corrected chi connectivity index (χ1v) is 6.80. The smallest absolute Gasteiger partial charge is 0.229 e. The molecule has 0 spiro atoms. The maximum atomic E-state index is 13.0. The van der Waals surface area contributed by atoms with Crippen LogP contribution in [0.4, 0.5) is 4.39 Å². The van der Waals surface area contributed by atoms with Crippen molar-refractivity contribution in [1.29, 1.82) is 0 Å². The van der Waals surface area contributed by atoms with E-state index in [-0.39, 0.29) is 5.82 Å². The maximum absolute atomic E-state index is 13.0. The average molecular weight is 184 g/mol. The van der Waals surface area contributed by atoms with Gasteiger partial charge in [0.1, 0.15) is 5.75 Å². The summed E-state index contributed by atoms with van der Waals surface area (Å²) in [6.07, 6.45) is 0. The van der Waals surface area contributed by atoms with E-state index in [2.05, 4.69) is 0 Å². The molecule has 0 aliphatic heterocycles.